The smallest absolute Gasteiger partial charge is 0.304 e. The highest BCUT2D eigenvalue weighted by molar-refractivity contribution is 7.90. The van der Waals surface area contributed by atoms with Crippen LogP contribution >= 0.6 is 0 Å². The van der Waals surface area contributed by atoms with E-state index in [0.29, 0.717) is 38.6 Å². The van der Waals surface area contributed by atoms with Gasteiger partial charge in [-0.2, -0.15) is 0 Å². The Morgan fingerprint density at radius 3 is 2.24 bits per heavy atom. The molecule has 1 aliphatic rings. The maximum Gasteiger partial charge on any atom is 0.304 e. The van der Waals surface area contributed by atoms with Gasteiger partial charge in [-0.05, 0) is 84.0 Å². The summed E-state index contributed by atoms with van der Waals surface area (Å²) in [5.74, 6) is 0.797. The highest BCUT2D eigenvalue weighted by Crippen LogP contribution is 2.37. The highest BCUT2D eigenvalue weighted by atomic mass is 32.2. The van der Waals surface area contributed by atoms with Gasteiger partial charge in [0.15, 0.2) is 0 Å². The first-order valence-corrected chi connectivity index (χ1v) is 14.6. The molecule has 0 amide bonds. The maximum atomic E-state index is 11.3. The fourth-order valence-electron chi connectivity index (χ4n) is 4.76. The lowest BCUT2D eigenvalue weighted by atomic mass is 9.76. The molecule has 7 nitrogen and oxygen atoms in total. The molecule has 0 unspecified atom stereocenters. The van der Waals surface area contributed by atoms with Crippen molar-refractivity contribution in [3.05, 3.63) is 82.9 Å². The second-order valence-corrected chi connectivity index (χ2v) is 12.4. The molecular formula is C30H34O7S. The summed E-state index contributed by atoms with van der Waals surface area (Å²) in [7, 11) is -2.99. The number of rotatable bonds is 12. The van der Waals surface area contributed by atoms with Gasteiger partial charge in [-0.1, -0.05) is 30.3 Å². The standard InChI is InChI=1S/C30H34O7S/c1-21-14-25(15-22(2)29(21)36-12-5-13-38(3,33)34)24-7-4-6-23(16-24)18-37-27-10-8-26(9-11-27)30(17-28(31)32)19-35-20-30/h4,6-11,14-16H,5,12-13,17-20H2,1-3H3,(H,31,32). The first-order valence-electron chi connectivity index (χ1n) is 12.6. The molecule has 0 atom stereocenters. The monoisotopic (exact) mass is 538 g/mol. The molecule has 202 valence electrons. The molecule has 0 aliphatic carbocycles. The molecule has 0 aromatic heterocycles. The van der Waals surface area contributed by atoms with Gasteiger partial charge in [0.2, 0.25) is 0 Å². The van der Waals surface area contributed by atoms with E-state index in [1.165, 1.54) is 6.26 Å². The zero-order valence-corrected chi connectivity index (χ0v) is 22.8. The molecule has 3 aromatic rings. The molecule has 1 N–H and O–H groups in total. The van der Waals surface area contributed by atoms with Gasteiger partial charge in [-0.15, -0.1) is 0 Å². The van der Waals surface area contributed by atoms with Crippen LogP contribution in [-0.2, 0) is 31.4 Å². The van der Waals surface area contributed by atoms with Gasteiger partial charge in [-0.3, -0.25) is 4.79 Å². The number of sulfone groups is 1. The van der Waals surface area contributed by atoms with Gasteiger partial charge in [0.25, 0.3) is 0 Å². The number of carboxylic acids is 1. The van der Waals surface area contributed by atoms with Crippen LogP contribution in [0.4, 0.5) is 0 Å². The number of ether oxygens (including phenoxy) is 3. The quantitative estimate of drug-likeness (QED) is 0.320. The average molecular weight is 539 g/mol. The molecule has 38 heavy (non-hydrogen) atoms. The summed E-state index contributed by atoms with van der Waals surface area (Å²) in [4.78, 5) is 11.3. The first kappa shape index (κ1) is 27.7. The third-order valence-corrected chi connectivity index (χ3v) is 7.78. The maximum absolute atomic E-state index is 11.3. The predicted molar refractivity (Wildman–Crippen MR) is 147 cm³/mol. The zero-order chi connectivity index (χ0) is 27.3. The molecule has 0 radical (unpaired) electrons. The predicted octanol–water partition coefficient (Wildman–Crippen LogP) is 5.11. The fourth-order valence-corrected chi connectivity index (χ4v) is 5.40. The van der Waals surface area contributed by atoms with E-state index in [1.54, 1.807) is 0 Å². The van der Waals surface area contributed by atoms with Crippen molar-refractivity contribution in [1.82, 2.24) is 0 Å². The van der Waals surface area contributed by atoms with Crippen molar-refractivity contribution < 1.29 is 32.5 Å². The van der Waals surface area contributed by atoms with Crippen molar-refractivity contribution in [2.24, 2.45) is 0 Å². The average Bonchev–Trinajstić information content (AvgIpc) is 2.84. The van der Waals surface area contributed by atoms with Crippen LogP contribution in [0.5, 0.6) is 11.5 Å². The van der Waals surface area contributed by atoms with Crippen molar-refractivity contribution in [1.29, 1.82) is 0 Å². The molecule has 4 rings (SSSR count). The van der Waals surface area contributed by atoms with E-state index in [-0.39, 0.29) is 12.2 Å². The van der Waals surface area contributed by atoms with Gasteiger partial charge in [0.05, 0.1) is 37.4 Å². The summed E-state index contributed by atoms with van der Waals surface area (Å²) in [6, 6.07) is 19.9. The summed E-state index contributed by atoms with van der Waals surface area (Å²) in [6.07, 6.45) is 1.75. The van der Waals surface area contributed by atoms with E-state index in [1.807, 2.05) is 50.2 Å². The molecule has 0 saturated carbocycles. The summed E-state index contributed by atoms with van der Waals surface area (Å²) in [5.41, 5.74) is 5.66. The number of hydrogen-bond donors (Lipinski definition) is 1. The number of aryl methyl sites for hydroxylation is 2. The largest absolute Gasteiger partial charge is 0.493 e. The zero-order valence-electron chi connectivity index (χ0n) is 22.0. The molecule has 8 heteroatoms. The number of benzene rings is 3. The lowest BCUT2D eigenvalue weighted by Crippen LogP contribution is -2.48. The molecule has 1 aliphatic heterocycles. The Hall–Kier alpha value is -3.36. The van der Waals surface area contributed by atoms with E-state index in [9.17, 15) is 18.3 Å². The minimum Gasteiger partial charge on any atom is -0.493 e. The van der Waals surface area contributed by atoms with E-state index in [0.717, 1.165) is 39.1 Å². The van der Waals surface area contributed by atoms with Crippen molar-refractivity contribution in [2.75, 3.05) is 31.8 Å². The molecule has 0 spiro atoms. The SMILES string of the molecule is Cc1cc(-c2cccc(COc3ccc(C4(CC(=O)O)COC4)cc3)c2)cc(C)c1OCCCS(C)(=O)=O. The lowest BCUT2D eigenvalue weighted by molar-refractivity contribution is -0.145. The van der Waals surface area contributed by atoms with Gasteiger partial charge < -0.3 is 19.3 Å². The minimum atomic E-state index is -2.99. The Morgan fingerprint density at radius 1 is 0.974 bits per heavy atom. The molecule has 0 bridgehead atoms. The second kappa shape index (κ2) is 11.6. The summed E-state index contributed by atoms with van der Waals surface area (Å²) in [5, 5.41) is 9.25. The number of carboxylic acid groups (broad SMARTS) is 1. The summed E-state index contributed by atoms with van der Waals surface area (Å²) < 4.78 is 39.9. The number of hydrogen-bond acceptors (Lipinski definition) is 6. The lowest BCUT2D eigenvalue weighted by Gasteiger charge is -2.40. The second-order valence-electron chi connectivity index (χ2n) is 10.1. The highest BCUT2D eigenvalue weighted by Gasteiger charge is 2.42. The van der Waals surface area contributed by atoms with Gasteiger partial charge in [0, 0.05) is 6.26 Å². The van der Waals surface area contributed by atoms with Crippen LogP contribution in [0.1, 0.15) is 35.1 Å². The molecular weight excluding hydrogens is 504 g/mol. The third-order valence-electron chi connectivity index (χ3n) is 6.75. The van der Waals surface area contributed by atoms with Crippen LogP contribution in [0.3, 0.4) is 0 Å². The van der Waals surface area contributed by atoms with Crippen LogP contribution in [0.25, 0.3) is 11.1 Å². The van der Waals surface area contributed by atoms with Crippen molar-refractivity contribution >= 4 is 15.8 Å². The van der Waals surface area contributed by atoms with Crippen molar-refractivity contribution in [2.45, 2.75) is 38.7 Å². The van der Waals surface area contributed by atoms with E-state index < -0.39 is 21.2 Å². The van der Waals surface area contributed by atoms with Crippen LogP contribution in [0.2, 0.25) is 0 Å². The Morgan fingerprint density at radius 2 is 1.66 bits per heavy atom. The fraction of sp³-hybridized carbons (Fsp3) is 0.367. The summed E-state index contributed by atoms with van der Waals surface area (Å²) >= 11 is 0. The minimum absolute atomic E-state index is 0.0508. The Bertz CT molecular complexity index is 1370. The van der Waals surface area contributed by atoms with Crippen LogP contribution in [0, 0.1) is 13.8 Å². The molecule has 1 heterocycles. The number of carbonyl (C=O) groups is 1. The van der Waals surface area contributed by atoms with Gasteiger partial charge in [-0.25, -0.2) is 8.42 Å². The molecule has 3 aromatic carbocycles. The Kier molecular flexibility index (Phi) is 8.43. The van der Waals surface area contributed by atoms with Crippen molar-refractivity contribution in [3.8, 4) is 22.6 Å². The van der Waals surface area contributed by atoms with E-state index in [2.05, 4.69) is 24.3 Å². The topological polar surface area (TPSA) is 99.1 Å². The van der Waals surface area contributed by atoms with E-state index in [4.69, 9.17) is 14.2 Å². The number of aliphatic carboxylic acids is 1. The normalized spacial score (nSPS) is 14.5. The van der Waals surface area contributed by atoms with Crippen LogP contribution in [0.15, 0.2) is 60.7 Å². The Balaban J connectivity index is 1.39. The van der Waals surface area contributed by atoms with Crippen molar-refractivity contribution in [3.63, 3.8) is 0 Å². The van der Waals surface area contributed by atoms with Gasteiger partial charge in [0.1, 0.15) is 27.9 Å². The molecule has 1 fully saturated rings. The molecule has 1 saturated heterocycles. The van der Waals surface area contributed by atoms with E-state index >= 15 is 0 Å². The van der Waals surface area contributed by atoms with Crippen LogP contribution < -0.4 is 9.47 Å². The van der Waals surface area contributed by atoms with Crippen LogP contribution in [-0.4, -0.2) is 51.3 Å². The first-order chi connectivity index (χ1) is 18.0. The third kappa shape index (κ3) is 6.94. The van der Waals surface area contributed by atoms with Gasteiger partial charge >= 0.3 is 5.97 Å². The Labute approximate surface area is 224 Å². The summed E-state index contributed by atoms with van der Waals surface area (Å²) in [6.45, 7) is 5.58.